The fourth-order valence-electron chi connectivity index (χ4n) is 2.04. The molecular weight excluding hydrogens is 250 g/mol. The Kier molecular flexibility index (Phi) is 3.37. The van der Waals surface area contributed by atoms with Crippen LogP contribution in [0.15, 0.2) is 65.7 Å². The molecule has 20 heavy (non-hydrogen) atoms. The normalized spacial score (nSPS) is 10.4. The number of benzene rings is 1. The minimum Gasteiger partial charge on any atom is -0.307 e. The summed E-state index contributed by atoms with van der Waals surface area (Å²) in [5.74, 6) is 0.594. The number of aromatic amines is 1. The third-order valence-corrected chi connectivity index (χ3v) is 2.95. The number of pyridine rings is 1. The van der Waals surface area contributed by atoms with Gasteiger partial charge in [-0.3, -0.25) is 9.78 Å². The van der Waals surface area contributed by atoms with Crippen LogP contribution in [-0.4, -0.2) is 15.0 Å². The zero-order valence-corrected chi connectivity index (χ0v) is 10.8. The van der Waals surface area contributed by atoms with E-state index in [4.69, 9.17) is 0 Å². The van der Waals surface area contributed by atoms with E-state index in [1.165, 1.54) is 6.07 Å². The second kappa shape index (κ2) is 5.48. The fourth-order valence-corrected chi connectivity index (χ4v) is 2.04. The molecule has 0 atom stereocenters. The van der Waals surface area contributed by atoms with Crippen molar-refractivity contribution in [1.82, 2.24) is 15.0 Å². The van der Waals surface area contributed by atoms with Crippen LogP contribution in [0.2, 0.25) is 0 Å². The standard InChI is InChI=1S/C16H13N3O/c20-15-10-14(9-12-5-4-8-17-11-12)18-16(19-15)13-6-2-1-3-7-13/h1-8,10-11H,9H2,(H,18,19,20). The number of nitrogens with one attached hydrogen (secondary N) is 1. The molecule has 0 aliphatic heterocycles. The van der Waals surface area contributed by atoms with Crippen LogP contribution in [0.4, 0.5) is 0 Å². The maximum absolute atomic E-state index is 11.8. The van der Waals surface area contributed by atoms with Gasteiger partial charge in [-0.25, -0.2) is 4.98 Å². The summed E-state index contributed by atoms with van der Waals surface area (Å²) in [5.41, 5.74) is 2.53. The molecule has 3 aromatic rings. The minimum absolute atomic E-state index is 0.141. The average Bonchev–Trinajstić information content (AvgIpc) is 2.49. The smallest absolute Gasteiger partial charge is 0.251 e. The Morgan fingerprint density at radius 3 is 2.65 bits per heavy atom. The Morgan fingerprint density at radius 2 is 1.90 bits per heavy atom. The van der Waals surface area contributed by atoms with Crippen molar-refractivity contribution in [3.05, 3.63) is 82.5 Å². The quantitative estimate of drug-likeness (QED) is 0.789. The van der Waals surface area contributed by atoms with E-state index in [2.05, 4.69) is 15.0 Å². The topological polar surface area (TPSA) is 58.6 Å². The van der Waals surface area contributed by atoms with Crippen molar-refractivity contribution >= 4 is 0 Å². The van der Waals surface area contributed by atoms with E-state index in [-0.39, 0.29) is 5.56 Å². The summed E-state index contributed by atoms with van der Waals surface area (Å²) in [7, 11) is 0. The van der Waals surface area contributed by atoms with Crippen molar-refractivity contribution < 1.29 is 0 Å². The van der Waals surface area contributed by atoms with Crippen molar-refractivity contribution in [2.75, 3.05) is 0 Å². The van der Waals surface area contributed by atoms with E-state index >= 15 is 0 Å². The highest BCUT2D eigenvalue weighted by Crippen LogP contribution is 2.13. The summed E-state index contributed by atoms with van der Waals surface area (Å²) in [6.07, 6.45) is 4.10. The summed E-state index contributed by atoms with van der Waals surface area (Å²) in [5, 5.41) is 0. The second-order valence-electron chi connectivity index (χ2n) is 4.49. The molecule has 98 valence electrons. The lowest BCUT2D eigenvalue weighted by atomic mass is 10.1. The predicted octanol–water partition coefficient (Wildman–Crippen LogP) is 2.42. The number of rotatable bonds is 3. The number of hydrogen-bond donors (Lipinski definition) is 1. The number of nitrogens with zero attached hydrogens (tertiary/aromatic N) is 2. The van der Waals surface area contributed by atoms with Crippen molar-refractivity contribution in [2.45, 2.75) is 6.42 Å². The van der Waals surface area contributed by atoms with Gasteiger partial charge in [-0.05, 0) is 11.6 Å². The molecule has 0 spiro atoms. The van der Waals surface area contributed by atoms with Gasteiger partial charge in [0.15, 0.2) is 0 Å². The Labute approximate surface area is 116 Å². The van der Waals surface area contributed by atoms with E-state index in [1.54, 1.807) is 12.4 Å². The molecule has 4 nitrogen and oxygen atoms in total. The first kappa shape index (κ1) is 12.3. The van der Waals surface area contributed by atoms with Gasteiger partial charge >= 0.3 is 0 Å². The summed E-state index contributed by atoms with van der Waals surface area (Å²) in [6.45, 7) is 0. The highest BCUT2D eigenvalue weighted by atomic mass is 16.1. The molecule has 0 amide bonds. The van der Waals surface area contributed by atoms with E-state index in [0.717, 1.165) is 16.8 Å². The van der Waals surface area contributed by atoms with Crippen molar-refractivity contribution in [2.24, 2.45) is 0 Å². The summed E-state index contributed by atoms with van der Waals surface area (Å²) in [4.78, 5) is 23.1. The van der Waals surface area contributed by atoms with Crippen LogP contribution in [0, 0.1) is 0 Å². The monoisotopic (exact) mass is 263 g/mol. The van der Waals surface area contributed by atoms with Crippen LogP contribution in [0.3, 0.4) is 0 Å². The second-order valence-corrected chi connectivity index (χ2v) is 4.49. The van der Waals surface area contributed by atoms with Crippen LogP contribution in [0.25, 0.3) is 11.4 Å². The van der Waals surface area contributed by atoms with Gasteiger partial charge in [-0.2, -0.15) is 0 Å². The predicted molar refractivity (Wildman–Crippen MR) is 77.3 cm³/mol. The SMILES string of the molecule is O=c1cc(Cc2cccnc2)nc(-c2ccccc2)[nH]1. The summed E-state index contributed by atoms with van der Waals surface area (Å²) >= 11 is 0. The maximum Gasteiger partial charge on any atom is 0.251 e. The molecule has 3 rings (SSSR count). The molecule has 0 bridgehead atoms. The molecule has 0 saturated heterocycles. The molecule has 0 aliphatic carbocycles. The fraction of sp³-hybridized carbons (Fsp3) is 0.0625. The Bertz CT molecular complexity index is 751. The third kappa shape index (κ3) is 2.80. The molecular formula is C16H13N3O. The molecule has 1 N–H and O–H groups in total. The highest BCUT2D eigenvalue weighted by molar-refractivity contribution is 5.54. The van der Waals surface area contributed by atoms with Gasteiger partial charge < -0.3 is 4.98 Å². The summed E-state index contributed by atoms with van der Waals surface area (Å²) in [6, 6.07) is 15.0. The lowest BCUT2D eigenvalue weighted by Gasteiger charge is -2.04. The third-order valence-electron chi connectivity index (χ3n) is 2.95. The molecule has 2 aromatic heterocycles. The molecule has 2 heterocycles. The van der Waals surface area contributed by atoms with Crippen LogP contribution >= 0.6 is 0 Å². The molecule has 4 heteroatoms. The van der Waals surface area contributed by atoms with Crippen LogP contribution < -0.4 is 5.56 Å². The van der Waals surface area contributed by atoms with E-state index in [0.29, 0.717) is 12.2 Å². The first-order valence-electron chi connectivity index (χ1n) is 6.36. The zero-order chi connectivity index (χ0) is 13.8. The van der Waals surface area contributed by atoms with Gasteiger partial charge in [-0.15, -0.1) is 0 Å². The van der Waals surface area contributed by atoms with Gasteiger partial charge in [0.25, 0.3) is 5.56 Å². The van der Waals surface area contributed by atoms with Crippen molar-refractivity contribution in [1.29, 1.82) is 0 Å². The molecule has 0 radical (unpaired) electrons. The van der Waals surface area contributed by atoms with E-state index < -0.39 is 0 Å². The molecule has 1 aromatic carbocycles. The van der Waals surface area contributed by atoms with E-state index in [1.807, 2.05) is 42.5 Å². The first-order chi connectivity index (χ1) is 9.81. The first-order valence-corrected chi connectivity index (χ1v) is 6.36. The van der Waals surface area contributed by atoms with Gasteiger partial charge in [0.1, 0.15) is 5.82 Å². The van der Waals surface area contributed by atoms with Gasteiger partial charge in [-0.1, -0.05) is 36.4 Å². The number of hydrogen-bond acceptors (Lipinski definition) is 3. The molecule has 0 unspecified atom stereocenters. The Morgan fingerprint density at radius 1 is 1.05 bits per heavy atom. The average molecular weight is 263 g/mol. The van der Waals surface area contributed by atoms with Crippen LogP contribution in [-0.2, 0) is 6.42 Å². The van der Waals surface area contributed by atoms with Crippen molar-refractivity contribution in [3.63, 3.8) is 0 Å². The molecule has 0 saturated carbocycles. The van der Waals surface area contributed by atoms with E-state index in [9.17, 15) is 4.79 Å². The number of H-pyrrole nitrogens is 1. The zero-order valence-electron chi connectivity index (χ0n) is 10.8. The van der Waals surface area contributed by atoms with Crippen molar-refractivity contribution in [3.8, 4) is 11.4 Å². The largest absolute Gasteiger partial charge is 0.307 e. The summed E-state index contributed by atoms with van der Waals surface area (Å²) < 4.78 is 0. The number of aromatic nitrogens is 3. The Hall–Kier alpha value is -2.75. The van der Waals surface area contributed by atoms with Crippen LogP contribution in [0.5, 0.6) is 0 Å². The van der Waals surface area contributed by atoms with Gasteiger partial charge in [0, 0.05) is 30.4 Å². The van der Waals surface area contributed by atoms with Gasteiger partial charge in [0.05, 0.1) is 5.69 Å². The van der Waals surface area contributed by atoms with Gasteiger partial charge in [0.2, 0.25) is 0 Å². The van der Waals surface area contributed by atoms with Crippen LogP contribution in [0.1, 0.15) is 11.3 Å². The lowest BCUT2D eigenvalue weighted by Crippen LogP contribution is -2.10. The maximum atomic E-state index is 11.8. The Balaban J connectivity index is 1.97. The minimum atomic E-state index is -0.141. The highest BCUT2D eigenvalue weighted by Gasteiger charge is 2.04. The molecule has 0 aliphatic rings. The molecule has 0 fully saturated rings. The lowest BCUT2D eigenvalue weighted by molar-refractivity contribution is 1.00.